The lowest BCUT2D eigenvalue weighted by Crippen LogP contribution is -1.27. The van der Waals surface area contributed by atoms with Crippen molar-refractivity contribution in [1.82, 2.24) is 0 Å². The summed E-state index contributed by atoms with van der Waals surface area (Å²) >= 11 is 0. The molecule has 0 bridgehead atoms. The molecule has 0 nitrogen and oxygen atoms in total. The molecule has 0 radical (unpaired) electrons. The van der Waals surface area contributed by atoms with Gasteiger partial charge in [0.05, 0.1) is 0 Å². The topological polar surface area (TPSA) is 0 Å². The van der Waals surface area contributed by atoms with Crippen molar-refractivity contribution in [1.29, 1.82) is 0 Å². The van der Waals surface area contributed by atoms with Crippen LogP contribution in [0.3, 0.4) is 0 Å². The lowest BCUT2D eigenvalue weighted by Gasteiger charge is -1.48. The molecule has 0 rings (SSSR count). The summed E-state index contributed by atoms with van der Waals surface area (Å²) < 4.78 is 0. The average molecular weight is 325 g/mol. The summed E-state index contributed by atoms with van der Waals surface area (Å²) in [5.74, 6) is 0. The second kappa shape index (κ2) is 802. The molecule has 0 fully saturated rings. The Bertz CT molecular complexity index is 4.75. The van der Waals surface area contributed by atoms with Gasteiger partial charge in [-0.15, -0.1) is 0 Å². The maximum atomic E-state index is 2.12. The van der Waals surface area contributed by atoms with E-state index in [2.05, 4.69) is 41.5 Å². The van der Waals surface area contributed by atoms with E-state index < -0.39 is 0 Å². The van der Waals surface area contributed by atoms with Gasteiger partial charge in [-0.2, -0.15) is 0 Å². The minimum absolute atomic E-state index is 0. The zero-order chi connectivity index (χ0) is 8.12. The van der Waals surface area contributed by atoms with E-state index in [0.29, 0.717) is 0 Å². The van der Waals surface area contributed by atoms with Gasteiger partial charge in [0.1, 0.15) is 0 Å². The van der Waals surface area contributed by atoms with Crippen molar-refractivity contribution in [3.05, 3.63) is 0 Å². The minimum atomic E-state index is 0. The van der Waals surface area contributed by atoms with Crippen LogP contribution in [0, 0.1) is 0 Å². The van der Waals surface area contributed by atoms with Gasteiger partial charge in [-0.3, -0.25) is 0 Å². The maximum absolute atomic E-state index is 2.12. The molecule has 0 N–H and O–H groups in total. The van der Waals surface area contributed by atoms with E-state index in [1.165, 1.54) is 19.3 Å². The van der Waals surface area contributed by atoms with Crippen LogP contribution >= 0.6 is 0 Å². The molecule has 0 saturated carbocycles. The van der Waals surface area contributed by atoms with Gasteiger partial charge in [0.25, 0.3) is 0 Å². The molecule has 0 heterocycles. The van der Waals surface area contributed by atoms with Gasteiger partial charge in [0.2, 0.25) is 0 Å². The first-order valence-corrected chi connectivity index (χ1v) is 4.24. The summed E-state index contributed by atoms with van der Waals surface area (Å²) in [5, 5.41) is 0. The van der Waals surface area contributed by atoms with Gasteiger partial charge >= 0.3 is 0 Å². The molecule has 0 amide bonds. The van der Waals surface area contributed by atoms with E-state index in [4.69, 9.17) is 0 Å². The summed E-state index contributed by atoms with van der Waals surface area (Å²) in [4.78, 5) is 0. The van der Waals surface area contributed by atoms with Crippen LogP contribution in [0.5, 0.6) is 0 Å². The SMILES string of the molecule is C.C.C.C.C.C.C.C.C.C.C.C.CCC.CCC.CCC. The molecule has 0 saturated heterocycles. The quantitative estimate of drug-likeness (QED) is 0.415. The van der Waals surface area contributed by atoms with Crippen LogP contribution in [-0.4, -0.2) is 0 Å². The van der Waals surface area contributed by atoms with E-state index in [1.807, 2.05) is 0 Å². The van der Waals surface area contributed by atoms with E-state index in [-0.39, 0.29) is 89.1 Å². The molecule has 0 aliphatic heterocycles. The molecule has 21 heavy (non-hydrogen) atoms. The van der Waals surface area contributed by atoms with E-state index >= 15 is 0 Å². The predicted octanol–water partition coefficient (Wildman–Crippen LogP) is 11.9. The maximum Gasteiger partial charge on any atom is -0.0590 e. The van der Waals surface area contributed by atoms with Gasteiger partial charge < -0.3 is 0 Å². The van der Waals surface area contributed by atoms with Gasteiger partial charge in [-0.25, -0.2) is 0 Å². The average Bonchev–Trinajstić information content (AvgIpc) is 1.70. The Kier molecular flexibility index (Phi) is 8910. The summed E-state index contributed by atoms with van der Waals surface area (Å²) in [6, 6.07) is 0. The second-order valence-corrected chi connectivity index (χ2v) is 2.12. The highest BCUT2D eigenvalue weighted by molar-refractivity contribution is 3.92. The first kappa shape index (κ1) is 233. The van der Waals surface area contributed by atoms with Crippen LogP contribution in [0.2, 0.25) is 0 Å². The van der Waals surface area contributed by atoms with Gasteiger partial charge in [-0.05, 0) is 0 Å². The first-order valence-electron chi connectivity index (χ1n) is 4.24. The molecule has 0 aromatic rings. The smallest absolute Gasteiger partial charge is 0.0590 e. The van der Waals surface area contributed by atoms with Crippen molar-refractivity contribution in [3.8, 4) is 0 Å². The second-order valence-electron chi connectivity index (χ2n) is 2.12. The lowest BCUT2D eigenvalue weighted by atomic mass is 10.6. The van der Waals surface area contributed by atoms with Gasteiger partial charge in [0.15, 0.2) is 0 Å². The normalized spacial score (nSPS) is 2.57. The fraction of sp³-hybridized carbons (Fsp3) is 1.00. The Morgan fingerprint density at radius 1 is 0.238 bits per heavy atom. The van der Waals surface area contributed by atoms with Crippen molar-refractivity contribution in [2.75, 3.05) is 0 Å². The standard InChI is InChI=1S/3C3H8.12CH4/c3*1-3-2;;;;;;;;;;;;/h3*3H2,1-2H3;12*1H4. The highest BCUT2D eigenvalue weighted by atomic mass is 13.4. The van der Waals surface area contributed by atoms with Crippen LogP contribution < -0.4 is 0 Å². The molecule has 0 atom stereocenters. The third-order valence-electron chi connectivity index (χ3n) is 0. The third kappa shape index (κ3) is 0. The fourth-order valence-corrected chi connectivity index (χ4v) is 0. The van der Waals surface area contributed by atoms with Crippen LogP contribution in [0.25, 0.3) is 0 Å². The highest BCUT2D eigenvalue weighted by Gasteiger charge is 1.36. The molecule has 0 aliphatic rings. The first-order chi connectivity index (χ1) is 4.24. The minimum Gasteiger partial charge on any atom is -0.0776 e. The van der Waals surface area contributed by atoms with Gasteiger partial charge in [-0.1, -0.05) is 150 Å². The Labute approximate surface area is 150 Å². The number of rotatable bonds is 0. The van der Waals surface area contributed by atoms with Gasteiger partial charge in [0, 0.05) is 0 Å². The summed E-state index contributed by atoms with van der Waals surface area (Å²) in [5.41, 5.74) is 0. The number of hydrogen-bond acceptors (Lipinski definition) is 0. The van der Waals surface area contributed by atoms with Crippen molar-refractivity contribution in [3.63, 3.8) is 0 Å². The summed E-state index contributed by atoms with van der Waals surface area (Å²) in [6.45, 7) is 12.8. The molecule has 156 valence electrons. The zero-order valence-corrected chi connectivity index (χ0v) is 8.12. The van der Waals surface area contributed by atoms with E-state index in [1.54, 1.807) is 0 Å². The highest BCUT2D eigenvalue weighted by Crippen LogP contribution is 1.56. The van der Waals surface area contributed by atoms with Crippen LogP contribution in [0.4, 0.5) is 0 Å². The summed E-state index contributed by atoms with van der Waals surface area (Å²) in [7, 11) is 0. The van der Waals surface area contributed by atoms with Crippen LogP contribution in [0.15, 0.2) is 0 Å². The van der Waals surface area contributed by atoms with Crippen molar-refractivity contribution in [2.24, 2.45) is 0 Å². The van der Waals surface area contributed by atoms with E-state index in [0.717, 1.165) is 0 Å². The van der Waals surface area contributed by atoms with E-state index in [9.17, 15) is 0 Å². The van der Waals surface area contributed by atoms with Crippen LogP contribution in [-0.2, 0) is 0 Å². The molecular weight excluding hydrogens is 252 g/mol. The van der Waals surface area contributed by atoms with Crippen LogP contribution in [0.1, 0.15) is 150 Å². The predicted molar refractivity (Wildman–Crippen MR) is 129 cm³/mol. The molecule has 0 unspecified atom stereocenters. The molecular formula is C21H72. The Morgan fingerprint density at radius 2 is 0.238 bits per heavy atom. The van der Waals surface area contributed by atoms with Crippen molar-refractivity contribution < 1.29 is 0 Å². The monoisotopic (exact) mass is 325 g/mol. The fourth-order valence-electron chi connectivity index (χ4n) is 0. The molecule has 0 aromatic carbocycles. The van der Waals surface area contributed by atoms with Crippen molar-refractivity contribution in [2.45, 2.75) is 150 Å². The Morgan fingerprint density at radius 3 is 0.238 bits per heavy atom. The Balaban J connectivity index is -0.00000000154. The molecule has 0 aromatic heterocycles. The Hall–Kier alpha value is 0. The largest absolute Gasteiger partial charge is 0.0776 e. The third-order valence-corrected chi connectivity index (χ3v) is 0. The zero-order valence-electron chi connectivity index (χ0n) is 8.12. The molecule has 0 heteroatoms. The number of hydrogen-bond donors (Lipinski definition) is 0. The van der Waals surface area contributed by atoms with Crippen molar-refractivity contribution >= 4 is 0 Å². The molecule has 0 spiro atoms. The lowest BCUT2D eigenvalue weighted by molar-refractivity contribution is 1.09. The summed E-state index contributed by atoms with van der Waals surface area (Å²) in [6.07, 6.45) is 3.75. The molecule has 0 aliphatic carbocycles.